The zero-order valence-electron chi connectivity index (χ0n) is 10.0. The quantitative estimate of drug-likeness (QED) is 0.783. The molecule has 0 bridgehead atoms. The maximum atomic E-state index is 5.69. The summed E-state index contributed by atoms with van der Waals surface area (Å²) in [5.74, 6) is 1.46. The van der Waals surface area contributed by atoms with Crippen molar-refractivity contribution < 1.29 is 4.74 Å². The number of rotatable bonds is 2. The molecule has 1 fully saturated rings. The summed E-state index contributed by atoms with van der Waals surface area (Å²) in [6, 6.07) is 6.22. The van der Waals surface area contributed by atoms with E-state index in [1.807, 2.05) is 18.2 Å². The second kappa shape index (κ2) is 4.86. The van der Waals surface area contributed by atoms with Gasteiger partial charge in [-0.05, 0) is 30.9 Å². The summed E-state index contributed by atoms with van der Waals surface area (Å²) in [7, 11) is 0. The fourth-order valence-electron chi connectivity index (χ4n) is 2.78. The van der Waals surface area contributed by atoms with E-state index >= 15 is 0 Å². The van der Waals surface area contributed by atoms with Gasteiger partial charge in [0, 0.05) is 6.20 Å². The van der Waals surface area contributed by atoms with E-state index in [9.17, 15) is 0 Å². The largest absolute Gasteiger partial charge is 0.474 e. The predicted molar refractivity (Wildman–Crippen MR) is 67.1 cm³/mol. The van der Waals surface area contributed by atoms with Crippen LogP contribution in [0.2, 0.25) is 0 Å². The zero-order valence-corrected chi connectivity index (χ0v) is 10.0. The van der Waals surface area contributed by atoms with E-state index in [2.05, 4.69) is 4.98 Å². The van der Waals surface area contributed by atoms with Gasteiger partial charge in [-0.15, -0.1) is 0 Å². The van der Waals surface area contributed by atoms with Crippen molar-refractivity contribution in [2.45, 2.75) is 38.1 Å². The van der Waals surface area contributed by atoms with E-state index in [4.69, 9.17) is 9.73 Å². The summed E-state index contributed by atoms with van der Waals surface area (Å²) < 4.78 is 5.69. The number of aliphatic imine (C=N–C) groups is 1. The van der Waals surface area contributed by atoms with E-state index in [-0.39, 0.29) is 0 Å². The Morgan fingerprint density at radius 1 is 1.12 bits per heavy atom. The molecule has 1 aromatic rings. The number of hydrogen-bond acceptors (Lipinski definition) is 3. The highest BCUT2D eigenvalue weighted by atomic mass is 16.5. The molecule has 2 heterocycles. The third-order valence-corrected chi connectivity index (χ3v) is 3.75. The van der Waals surface area contributed by atoms with Gasteiger partial charge in [-0.2, -0.15) is 0 Å². The van der Waals surface area contributed by atoms with Crippen LogP contribution in [-0.4, -0.2) is 23.5 Å². The Morgan fingerprint density at radius 2 is 2.00 bits per heavy atom. The molecular formula is C14H18N2O. The van der Waals surface area contributed by atoms with Crippen LogP contribution in [0.4, 0.5) is 0 Å². The summed E-state index contributed by atoms with van der Waals surface area (Å²) in [6.07, 6.45) is 8.52. The lowest BCUT2D eigenvalue weighted by atomic mass is 9.84. The van der Waals surface area contributed by atoms with Crippen LogP contribution in [0.3, 0.4) is 0 Å². The second-order valence-corrected chi connectivity index (χ2v) is 4.93. The van der Waals surface area contributed by atoms with Crippen molar-refractivity contribution in [2.24, 2.45) is 10.9 Å². The molecule has 1 aliphatic carbocycles. The molecule has 17 heavy (non-hydrogen) atoms. The molecule has 2 aliphatic rings. The van der Waals surface area contributed by atoms with Gasteiger partial charge in [0.25, 0.3) is 0 Å². The van der Waals surface area contributed by atoms with Crippen LogP contribution in [0.15, 0.2) is 29.4 Å². The van der Waals surface area contributed by atoms with E-state index in [0.29, 0.717) is 6.04 Å². The van der Waals surface area contributed by atoms with Crippen LogP contribution in [0, 0.1) is 5.92 Å². The van der Waals surface area contributed by atoms with Gasteiger partial charge in [-0.25, -0.2) is 4.99 Å². The first-order valence-corrected chi connectivity index (χ1v) is 6.55. The number of pyridine rings is 1. The predicted octanol–water partition coefficient (Wildman–Crippen LogP) is 2.81. The maximum absolute atomic E-state index is 5.69. The Balaban J connectivity index is 1.72. The Labute approximate surface area is 102 Å². The smallest absolute Gasteiger partial charge is 0.235 e. The standard InChI is InChI=1S/C14H18N2O/c1-2-6-11(7-3-1)13-10-17-14(16-13)12-8-4-5-9-15-12/h4-5,8-9,11,13H,1-3,6-7,10H2/t13-/m0/s1. The van der Waals surface area contributed by atoms with Crippen molar-refractivity contribution in [1.82, 2.24) is 4.98 Å². The van der Waals surface area contributed by atoms with E-state index in [1.54, 1.807) is 6.20 Å². The molecule has 0 spiro atoms. The normalized spacial score (nSPS) is 25.4. The Hall–Kier alpha value is -1.38. The van der Waals surface area contributed by atoms with Crippen LogP contribution in [-0.2, 0) is 4.74 Å². The van der Waals surface area contributed by atoms with Crippen molar-refractivity contribution >= 4 is 5.90 Å². The Bertz CT molecular complexity index is 396. The maximum Gasteiger partial charge on any atom is 0.235 e. The number of aromatic nitrogens is 1. The number of ether oxygens (including phenoxy) is 1. The number of hydrogen-bond donors (Lipinski definition) is 0. The number of nitrogens with zero attached hydrogens (tertiary/aromatic N) is 2. The van der Waals surface area contributed by atoms with Gasteiger partial charge >= 0.3 is 0 Å². The van der Waals surface area contributed by atoms with Gasteiger partial charge in [-0.1, -0.05) is 25.3 Å². The summed E-state index contributed by atoms with van der Waals surface area (Å²) in [6.45, 7) is 0.747. The van der Waals surface area contributed by atoms with Gasteiger partial charge < -0.3 is 4.74 Å². The highest BCUT2D eigenvalue weighted by Gasteiger charge is 2.29. The van der Waals surface area contributed by atoms with Gasteiger partial charge in [0.1, 0.15) is 12.3 Å². The fraction of sp³-hybridized carbons (Fsp3) is 0.571. The monoisotopic (exact) mass is 230 g/mol. The molecule has 1 atom stereocenters. The van der Waals surface area contributed by atoms with Crippen molar-refractivity contribution in [3.05, 3.63) is 30.1 Å². The molecule has 1 aliphatic heterocycles. The van der Waals surface area contributed by atoms with Gasteiger partial charge in [-0.3, -0.25) is 4.98 Å². The summed E-state index contributed by atoms with van der Waals surface area (Å²) in [5.41, 5.74) is 0.866. The first-order chi connectivity index (χ1) is 8.43. The molecular weight excluding hydrogens is 212 g/mol. The molecule has 1 saturated carbocycles. The summed E-state index contributed by atoms with van der Waals surface area (Å²) >= 11 is 0. The topological polar surface area (TPSA) is 34.5 Å². The lowest BCUT2D eigenvalue weighted by Crippen LogP contribution is -2.22. The van der Waals surface area contributed by atoms with Crippen LogP contribution in [0.25, 0.3) is 0 Å². The lowest BCUT2D eigenvalue weighted by molar-refractivity contribution is 0.240. The zero-order chi connectivity index (χ0) is 11.5. The van der Waals surface area contributed by atoms with E-state index in [1.165, 1.54) is 32.1 Å². The molecule has 3 rings (SSSR count). The van der Waals surface area contributed by atoms with E-state index < -0.39 is 0 Å². The SMILES string of the molecule is c1ccc(C2=N[C@H](C3CCCCC3)CO2)nc1. The van der Waals surface area contributed by atoms with E-state index in [0.717, 1.165) is 24.1 Å². The molecule has 0 aromatic carbocycles. The molecule has 0 amide bonds. The van der Waals surface area contributed by atoms with Crippen molar-refractivity contribution in [1.29, 1.82) is 0 Å². The average Bonchev–Trinajstić information content (AvgIpc) is 2.90. The molecule has 0 radical (unpaired) electrons. The highest BCUT2D eigenvalue weighted by Crippen LogP contribution is 2.30. The molecule has 1 aromatic heterocycles. The highest BCUT2D eigenvalue weighted by molar-refractivity contribution is 5.93. The van der Waals surface area contributed by atoms with Crippen molar-refractivity contribution in [2.75, 3.05) is 6.61 Å². The first kappa shape index (κ1) is 10.8. The van der Waals surface area contributed by atoms with Crippen molar-refractivity contribution in [3.8, 4) is 0 Å². The second-order valence-electron chi connectivity index (χ2n) is 4.93. The fourth-order valence-corrected chi connectivity index (χ4v) is 2.78. The minimum Gasteiger partial charge on any atom is -0.474 e. The molecule has 0 saturated heterocycles. The van der Waals surface area contributed by atoms with Crippen LogP contribution in [0.5, 0.6) is 0 Å². The lowest BCUT2D eigenvalue weighted by Gasteiger charge is -2.24. The third-order valence-electron chi connectivity index (χ3n) is 3.75. The summed E-state index contributed by atoms with van der Waals surface area (Å²) in [4.78, 5) is 9.00. The summed E-state index contributed by atoms with van der Waals surface area (Å²) in [5, 5.41) is 0. The van der Waals surface area contributed by atoms with Crippen molar-refractivity contribution in [3.63, 3.8) is 0 Å². The van der Waals surface area contributed by atoms with Crippen LogP contribution >= 0.6 is 0 Å². The van der Waals surface area contributed by atoms with Crippen LogP contribution in [0.1, 0.15) is 37.8 Å². The molecule has 90 valence electrons. The molecule has 3 nitrogen and oxygen atoms in total. The Morgan fingerprint density at radius 3 is 2.76 bits per heavy atom. The first-order valence-electron chi connectivity index (χ1n) is 6.55. The van der Waals surface area contributed by atoms with Gasteiger partial charge in [0.15, 0.2) is 0 Å². The van der Waals surface area contributed by atoms with Crippen LogP contribution < -0.4 is 0 Å². The third kappa shape index (κ3) is 2.33. The van der Waals surface area contributed by atoms with Gasteiger partial charge in [0.2, 0.25) is 5.90 Å². The minimum absolute atomic E-state index is 0.368. The Kier molecular flexibility index (Phi) is 3.08. The minimum atomic E-state index is 0.368. The molecule has 3 heteroatoms. The van der Waals surface area contributed by atoms with Gasteiger partial charge in [0.05, 0.1) is 6.04 Å². The average molecular weight is 230 g/mol. The molecule has 0 unspecified atom stereocenters. The molecule has 0 N–H and O–H groups in total.